The summed E-state index contributed by atoms with van der Waals surface area (Å²) in [5, 5.41) is 3.61. The molecule has 2 aromatic rings. The van der Waals surface area contributed by atoms with Gasteiger partial charge in [-0.3, -0.25) is 14.6 Å². The Balaban J connectivity index is 0.928. The first kappa shape index (κ1) is 29.7. The van der Waals surface area contributed by atoms with Crippen LogP contribution >= 0.6 is 0 Å². The van der Waals surface area contributed by atoms with Crippen LogP contribution in [0.4, 0.5) is 11.4 Å². The van der Waals surface area contributed by atoms with Crippen LogP contribution in [0.3, 0.4) is 0 Å². The third-order valence-corrected chi connectivity index (χ3v) is 10.3. The lowest BCUT2D eigenvalue weighted by Gasteiger charge is -2.32. The van der Waals surface area contributed by atoms with Crippen molar-refractivity contribution < 1.29 is 28.5 Å². The fourth-order valence-electron chi connectivity index (χ4n) is 7.46. The van der Waals surface area contributed by atoms with Crippen molar-refractivity contribution in [2.75, 3.05) is 45.8 Å². The molecule has 3 atom stereocenters. The third-order valence-electron chi connectivity index (χ3n) is 10.3. The molecule has 3 fully saturated rings. The molecule has 1 N–H and O–H groups in total. The molecule has 10 heteroatoms. The minimum atomic E-state index is 0.00637. The monoisotopic (exact) mass is 616 g/mol. The molecule has 4 heterocycles. The number of methoxy groups -OCH3 is 2. The van der Waals surface area contributed by atoms with Gasteiger partial charge in [0.15, 0.2) is 23.0 Å². The van der Waals surface area contributed by atoms with E-state index in [1.807, 2.05) is 29.3 Å². The summed E-state index contributed by atoms with van der Waals surface area (Å²) in [5.41, 5.74) is 3.01. The van der Waals surface area contributed by atoms with E-state index in [1.54, 1.807) is 20.3 Å². The van der Waals surface area contributed by atoms with Crippen LogP contribution in [-0.4, -0.2) is 86.5 Å². The Hall–Kier alpha value is -3.95. The number of anilines is 1. The number of hydrogen-bond acceptors (Lipinski definition) is 8. The second-order valence-electron chi connectivity index (χ2n) is 13.3. The molecule has 0 radical (unpaired) electrons. The van der Waals surface area contributed by atoms with Gasteiger partial charge in [-0.25, -0.2) is 0 Å². The number of piperidine rings is 1. The van der Waals surface area contributed by atoms with Crippen LogP contribution in [-0.2, 0) is 0 Å². The number of aliphatic imine (C=N–C) groups is 1. The van der Waals surface area contributed by atoms with Crippen LogP contribution in [0.25, 0.3) is 0 Å². The van der Waals surface area contributed by atoms with Gasteiger partial charge in [0.2, 0.25) is 0 Å². The van der Waals surface area contributed by atoms with E-state index >= 15 is 0 Å². The van der Waals surface area contributed by atoms with Crippen LogP contribution in [0.5, 0.6) is 23.0 Å². The van der Waals surface area contributed by atoms with Gasteiger partial charge in [-0.15, -0.1) is 0 Å². The number of unbranched alkanes of at least 4 members (excludes halogenated alkanes) is 2. The van der Waals surface area contributed by atoms with Crippen molar-refractivity contribution >= 4 is 29.4 Å². The van der Waals surface area contributed by atoms with E-state index < -0.39 is 0 Å². The number of nitrogens with zero attached hydrogens (tertiary/aromatic N) is 3. The Morgan fingerprint density at radius 1 is 0.867 bits per heavy atom. The molecule has 5 aliphatic rings. The average molecular weight is 617 g/mol. The van der Waals surface area contributed by atoms with Gasteiger partial charge in [-0.05, 0) is 82.3 Å². The van der Waals surface area contributed by atoms with E-state index in [9.17, 15) is 9.59 Å². The zero-order valence-corrected chi connectivity index (χ0v) is 26.6. The highest BCUT2D eigenvalue weighted by Crippen LogP contribution is 2.56. The number of nitrogens with one attached hydrogen (secondary N) is 1. The van der Waals surface area contributed by atoms with Crippen LogP contribution in [0, 0.1) is 5.41 Å². The number of benzene rings is 2. The van der Waals surface area contributed by atoms with Gasteiger partial charge in [0, 0.05) is 37.5 Å². The first-order valence-corrected chi connectivity index (χ1v) is 16.5. The predicted octanol–water partition coefficient (Wildman–Crippen LogP) is 5.85. The molecule has 0 bridgehead atoms. The topological polar surface area (TPSA) is 102 Å². The van der Waals surface area contributed by atoms with E-state index in [1.165, 1.54) is 12.8 Å². The number of rotatable bonds is 10. The summed E-state index contributed by atoms with van der Waals surface area (Å²) in [4.78, 5) is 35.5. The smallest absolute Gasteiger partial charge is 0.256 e. The first-order valence-electron chi connectivity index (χ1n) is 16.5. The van der Waals surface area contributed by atoms with E-state index in [0.717, 1.165) is 63.7 Å². The Kier molecular flexibility index (Phi) is 8.00. The Morgan fingerprint density at radius 2 is 1.56 bits per heavy atom. The van der Waals surface area contributed by atoms with Crippen molar-refractivity contribution in [2.24, 2.45) is 10.4 Å². The molecule has 1 saturated carbocycles. The first-order chi connectivity index (χ1) is 21.9. The molecular formula is C35H44N4O6. The maximum atomic E-state index is 13.6. The maximum Gasteiger partial charge on any atom is 0.256 e. The minimum absolute atomic E-state index is 0.00637. The van der Waals surface area contributed by atoms with E-state index in [-0.39, 0.29) is 29.9 Å². The largest absolute Gasteiger partial charge is 0.493 e. The van der Waals surface area contributed by atoms with Crippen LogP contribution in [0.15, 0.2) is 29.3 Å². The zero-order valence-electron chi connectivity index (χ0n) is 26.6. The lowest BCUT2D eigenvalue weighted by atomic mass is 9.99. The highest BCUT2D eigenvalue weighted by atomic mass is 16.5. The predicted molar refractivity (Wildman–Crippen MR) is 172 cm³/mol. The Bertz CT molecular complexity index is 1500. The van der Waals surface area contributed by atoms with Crippen LogP contribution < -0.4 is 24.3 Å². The normalized spacial score (nSPS) is 24.1. The second-order valence-corrected chi connectivity index (χ2v) is 13.3. The lowest BCUT2D eigenvalue weighted by molar-refractivity contribution is 0.0686. The van der Waals surface area contributed by atoms with E-state index in [2.05, 4.69) is 22.1 Å². The van der Waals surface area contributed by atoms with Gasteiger partial charge in [-0.2, -0.15) is 0 Å². The van der Waals surface area contributed by atoms with Crippen molar-refractivity contribution in [3.63, 3.8) is 0 Å². The number of hydrogen-bond donors (Lipinski definition) is 1. The summed E-state index contributed by atoms with van der Waals surface area (Å²) in [5.74, 6) is 2.44. The van der Waals surface area contributed by atoms with Gasteiger partial charge >= 0.3 is 0 Å². The molecule has 7 rings (SSSR count). The molecular weight excluding hydrogens is 572 g/mol. The molecule has 1 spiro atoms. The number of amides is 2. The lowest BCUT2D eigenvalue weighted by Crippen LogP contribution is -2.43. The summed E-state index contributed by atoms with van der Waals surface area (Å²) < 4.78 is 23.5. The van der Waals surface area contributed by atoms with E-state index in [4.69, 9.17) is 18.9 Å². The van der Waals surface area contributed by atoms with Crippen molar-refractivity contribution in [1.82, 2.24) is 9.80 Å². The highest BCUT2D eigenvalue weighted by Gasteiger charge is 2.55. The van der Waals surface area contributed by atoms with Crippen molar-refractivity contribution in [3.05, 3.63) is 35.4 Å². The molecule has 0 aromatic heterocycles. The summed E-state index contributed by atoms with van der Waals surface area (Å²) >= 11 is 0. The third kappa shape index (κ3) is 5.68. The molecule has 240 valence electrons. The van der Waals surface area contributed by atoms with Gasteiger partial charge < -0.3 is 34.1 Å². The molecule has 4 aliphatic heterocycles. The minimum Gasteiger partial charge on any atom is -0.493 e. The number of fused-ring (bicyclic) bond motifs is 4. The zero-order chi connectivity index (χ0) is 31.1. The fourth-order valence-corrected chi connectivity index (χ4v) is 7.46. The SMILES string of the molecule is COc1cc2c(cc1OCCCCCOc1cc3c(cc1OC)C(=O)N1CC4(CC4)CC1C(C)N3)N=CC1CCCCN1C2=O. The summed E-state index contributed by atoms with van der Waals surface area (Å²) in [6, 6.07) is 7.78. The molecule has 1 aliphatic carbocycles. The van der Waals surface area contributed by atoms with Gasteiger partial charge in [-0.1, -0.05) is 0 Å². The number of carbonyl (C=O) groups excluding carboxylic acids is 2. The van der Waals surface area contributed by atoms with Gasteiger partial charge in [0.1, 0.15) is 0 Å². The molecule has 45 heavy (non-hydrogen) atoms. The molecule has 10 nitrogen and oxygen atoms in total. The van der Waals surface area contributed by atoms with Crippen molar-refractivity contribution in [2.45, 2.75) is 82.8 Å². The molecule has 3 unspecified atom stereocenters. The van der Waals surface area contributed by atoms with Crippen LogP contribution in [0.2, 0.25) is 0 Å². The van der Waals surface area contributed by atoms with Gasteiger partial charge in [0.25, 0.3) is 11.8 Å². The summed E-state index contributed by atoms with van der Waals surface area (Å²) in [6.07, 6.45) is 11.1. The number of carbonyl (C=O) groups is 2. The second kappa shape index (κ2) is 12.1. The quantitative estimate of drug-likeness (QED) is 0.334. The standard InChI is InChI=1S/C35H44N4O6/c1-22-28-19-35(10-11-35)21-39(28)34(41)25-16-30(43-3)32(18-27(25)37-22)45-14-8-4-7-13-44-31-17-26-24(15-29(31)42-2)33(40)38-12-6-5-9-23(38)20-36-26/h15-18,20,22-23,28,37H,4-14,19,21H2,1-3H3. The van der Waals surface area contributed by atoms with Crippen molar-refractivity contribution in [1.29, 1.82) is 0 Å². The Morgan fingerprint density at radius 3 is 2.27 bits per heavy atom. The molecule has 2 aromatic carbocycles. The molecule has 2 amide bonds. The van der Waals surface area contributed by atoms with Crippen LogP contribution in [0.1, 0.15) is 85.4 Å². The van der Waals surface area contributed by atoms with Gasteiger partial charge in [0.05, 0.1) is 62.0 Å². The van der Waals surface area contributed by atoms with E-state index in [0.29, 0.717) is 58.4 Å². The van der Waals surface area contributed by atoms with Crippen molar-refractivity contribution in [3.8, 4) is 23.0 Å². The highest BCUT2D eigenvalue weighted by molar-refractivity contribution is 6.03. The Labute approximate surface area is 265 Å². The fraction of sp³-hybridized carbons (Fsp3) is 0.571. The number of ether oxygens (including phenoxy) is 4. The summed E-state index contributed by atoms with van der Waals surface area (Å²) in [6.45, 7) is 4.82. The molecule has 2 saturated heterocycles. The summed E-state index contributed by atoms with van der Waals surface area (Å²) in [7, 11) is 3.21. The maximum absolute atomic E-state index is 13.6. The average Bonchev–Trinajstić information content (AvgIpc) is 3.75.